The molecule has 0 saturated heterocycles. The van der Waals surface area contributed by atoms with Crippen molar-refractivity contribution in [1.29, 1.82) is 0 Å². The van der Waals surface area contributed by atoms with Crippen molar-refractivity contribution < 1.29 is 8.83 Å². The average Bonchev–Trinajstić information content (AvgIpc) is 3.26. The molecule has 0 spiro atoms. The summed E-state index contributed by atoms with van der Waals surface area (Å²) in [5.74, 6) is 0. The quantitative estimate of drug-likeness (QED) is 0.326. The monoisotopic (exact) mass is 349 g/mol. The van der Waals surface area contributed by atoms with Gasteiger partial charge in [0.1, 0.15) is 22.3 Å². The summed E-state index contributed by atoms with van der Waals surface area (Å²) in [5.41, 5.74) is 6.52. The van der Waals surface area contributed by atoms with Gasteiger partial charge in [-0.05, 0) is 30.7 Å². The molecular weight excluding hydrogens is 334 g/mol. The number of para-hydroxylation sites is 2. The molecule has 3 aromatic heterocycles. The van der Waals surface area contributed by atoms with Gasteiger partial charge in [0.05, 0.1) is 5.69 Å². The summed E-state index contributed by atoms with van der Waals surface area (Å²) in [4.78, 5) is 4.73. The highest BCUT2D eigenvalue weighted by Crippen LogP contribution is 2.38. The molecule has 0 atom stereocenters. The van der Waals surface area contributed by atoms with Crippen LogP contribution in [0.2, 0.25) is 0 Å². The van der Waals surface area contributed by atoms with Gasteiger partial charge in [0.2, 0.25) is 0 Å². The Hall–Kier alpha value is -3.59. The van der Waals surface area contributed by atoms with Crippen molar-refractivity contribution in [3.05, 3.63) is 78.5 Å². The van der Waals surface area contributed by atoms with Crippen LogP contribution in [-0.2, 0) is 0 Å². The smallest absolute Gasteiger partial charge is 0.145 e. The third-order valence-electron chi connectivity index (χ3n) is 5.27. The maximum absolute atomic E-state index is 6.22. The Morgan fingerprint density at radius 3 is 2.30 bits per heavy atom. The SMILES string of the molecule is Cc1ccc(-c2cc3oc4ccccc4c3cn2)c2oc3ccccc3c12. The first-order valence-electron chi connectivity index (χ1n) is 8.98. The van der Waals surface area contributed by atoms with E-state index in [1.165, 1.54) is 5.56 Å². The normalized spacial score (nSPS) is 11.9. The zero-order chi connectivity index (χ0) is 18.0. The van der Waals surface area contributed by atoms with Crippen molar-refractivity contribution in [3.8, 4) is 11.3 Å². The molecule has 3 heterocycles. The van der Waals surface area contributed by atoms with Gasteiger partial charge >= 0.3 is 0 Å². The lowest BCUT2D eigenvalue weighted by Crippen LogP contribution is -1.85. The topological polar surface area (TPSA) is 39.2 Å². The number of nitrogens with zero attached hydrogens (tertiary/aromatic N) is 1. The molecule has 128 valence electrons. The van der Waals surface area contributed by atoms with Gasteiger partial charge in [0.25, 0.3) is 0 Å². The minimum absolute atomic E-state index is 0.839. The minimum Gasteiger partial charge on any atom is -0.456 e. The molecule has 0 fully saturated rings. The molecule has 27 heavy (non-hydrogen) atoms. The molecule has 0 saturated carbocycles. The second-order valence-electron chi connectivity index (χ2n) is 6.90. The first kappa shape index (κ1) is 14.6. The van der Waals surface area contributed by atoms with Crippen molar-refractivity contribution in [2.75, 3.05) is 0 Å². The molecule has 0 amide bonds. The summed E-state index contributed by atoms with van der Waals surface area (Å²) < 4.78 is 12.3. The maximum atomic E-state index is 6.22. The van der Waals surface area contributed by atoms with Crippen molar-refractivity contribution in [2.45, 2.75) is 6.92 Å². The third-order valence-corrected chi connectivity index (χ3v) is 5.27. The summed E-state index contributed by atoms with van der Waals surface area (Å²) in [6.07, 6.45) is 1.89. The minimum atomic E-state index is 0.839. The van der Waals surface area contributed by atoms with Gasteiger partial charge in [-0.3, -0.25) is 4.98 Å². The standard InChI is InChI=1S/C24H15NO2/c1-14-10-11-16(24-23(14)17-7-3-5-9-21(17)27-24)19-12-22-18(13-25-19)15-6-2-4-8-20(15)26-22/h2-13H,1H3. The molecule has 0 unspecified atom stereocenters. The predicted octanol–water partition coefficient (Wildman–Crippen LogP) is 6.86. The van der Waals surface area contributed by atoms with Crippen LogP contribution in [0, 0.1) is 6.92 Å². The highest BCUT2D eigenvalue weighted by Gasteiger charge is 2.16. The van der Waals surface area contributed by atoms with Crippen LogP contribution in [0.1, 0.15) is 5.56 Å². The Balaban J connectivity index is 1.67. The molecule has 3 aromatic carbocycles. The Labute approximate surface area is 154 Å². The summed E-state index contributed by atoms with van der Waals surface area (Å²) in [7, 11) is 0. The van der Waals surface area contributed by atoms with Crippen LogP contribution in [0.25, 0.3) is 55.1 Å². The summed E-state index contributed by atoms with van der Waals surface area (Å²) in [6.45, 7) is 2.12. The van der Waals surface area contributed by atoms with Crippen LogP contribution in [0.3, 0.4) is 0 Å². The Bertz CT molecular complexity index is 1490. The van der Waals surface area contributed by atoms with Crippen molar-refractivity contribution >= 4 is 43.9 Å². The van der Waals surface area contributed by atoms with E-state index in [1.807, 2.05) is 48.7 Å². The number of rotatable bonds is 1. The highest BCUT2D eigenvalue weighted by molar-refractivity contribution is 6.11. The Kier molecular flexibility index (Phi) is 2.81. The number of hydrogen-bond acceptors (Lipinski definition) is 3. The van der Waals surface area contributed by atoms with E-state index in [0.717, 1.165) is 55.1 Å². The van der Waals surface area contributed by atoms with Crippen LogP contribution in [-0.4, -0.2) is 4.98 Å². The molecule has 6 aromatic rings. The number of hydrogen-bond donors (Lipinski definition) is 0. The van der Waals surface area contributed by atoms with Crippen molar-refractivity contribution in [2.24, 2.45) is 0 Å². The average molecular weight is 349 g/mol. The lowest BCUT2D eigenvalue weighted by molar-refractivity contribution is 0.667. The number of fused-ring (bicyclic) bond motifs is 6. The van der Waals surface area contributed by atoms with Crippen molar-refractivity contribution in [3.63, 3.8) is 0 Å². The molecule has 0 aliphatic carbocycles. The number of aryl methyl sites for hydroxylation is 1. The van der Waals surface area contributed by atoms with Gasteiger partial charge < -0.3 is 8.83 Å². The van der Waals surface area contributed by atoms with E-state index >= 15 is 0 Å². The summed E-state index contributed by atoms with van der Waals surface area (Å²) >= 11 is 0. The molecule has 0 bridgehead atoms. The molecule has 0 aliphatic heterocycles. The molecule has 0 radical (unpaired) electrons. The van der Waals surface area contributed by atoms with Gasteiger partial charge in [-0.15, -0.1) is 0 Å². The lowest BCUT2D eigenvalue weighted by atomic mass is 10.0. The third kappa shape index (κ3) is 1.99. The van der Waals surface area contributed by atoms with E-state index in [0.29, 0.717) is 0 Å². The van der Waals surface area contributed by atoms with Crippen LogP contribution in [0.5, 0.6) is 0 Å². The predicted molar refractivity (Wildman–Crippen MR) is 109 cm³/mol. The first-order valence-corrected chi connectivity index (χ1v) is 8.98. The second-order valence-corrected chi connectivity index (χ2v) is 6.90. The van der Waals surface area contributed by atoms with Gasteiger partial charge in [-0.2, -0.15) is 0 Å². The van der Waals surface area contributed by atoms with E-state index in [9.17, 15) is 0 Å². The number of aromatic nitrogens is 1. The fourth-order valence-corrected chi connectivity index (χ4v) is 3.96. The van der Waals surface area contributed by atoms with Gasteiger partial charge in [0, 0.05) is 39.4 Å². The van der Waals surface area contributed by atoms with Crippen LogP contribution in [0.15, 0.2) is 81.8 Å². The van der Waals surface area contributed by atoms with Gasteiger partial charge in [0.15, 0.2) is 0 Å². The lowest BCUT2D eigenvalue weighted by Gasteiger charge is -2.04. The summed E-state index contributed by atoms with van der Waals surface area (Å²) in [6, 6.07) is 22.4. The molecule has 0 N–H and O–H groups in total. The molecule has 0 aliphatic rings. The summed E-state index contributed by atoms with van der Waals surface area (Å²) in [5, 5.41) is 4.40. The zero-order valence-corrected chi connectivity index (χ0v) is 14.7. The van der Waals surface area contributed by atoms with E-state index < -0.39 is 0 Å². The molecule has 6 rings (SSSR count). The first-order chi connectivity index (χ1) is 13.3. The van der Waals surface area contributed by atoms with E-state index in [4.69, 9.17) is 13.8 Å². The zero-order valence-electron chi connectivity index (χ0n) is 14.7. The van der Waals surface area contributed by atoms with Gasteiger partial charge in [-0.1, -0.05) is 42.5 Å². The largest absolute Gasteiger partial charge is 0.456 e. The Morgan fingerprint density at radius 1 is 0.704 bits per heavy atom. The van der Waals surface area contributed by atoms with Crippen LogP contribution >= 0.6 is 0 Å². The molecule has 3 nitrogen and oxygen atoms in total. The van der Waals surface area contributed by atoms with Gasteiger partial charge in [-0.25, -0.2) is 0 Å². The fraction of sp³-hybridized carbons (Fsp3) is 0.0417. The van der Waals surface area contributed by atoms with Crippen LogP contribution < -0.4 is 0 Å². The van der Waals surface area contributed by atoms with E-state index in [2.05, 4.69) is 31.2 Å². The number of pyridine rings is 1. The van der Waals surface area contributed by atoms with E-state index in [1.54, 1.807) is 0 Å². The molecular formula is C24H15NO2. The van der Waals surface area contributed by atoms with E-state index in [-0.39, 0.29) is 0 Å². The van der Waals surface area contributed by atoms with Crippen LogP contribution in [0.4, 0.5) is 0 Å². The maximum Gasteiger partial charge on any atom is 0.145 e. The highest BCUT2D eigenvalue weighted by atomic mass is 16.3. The number of furan rings is 2. The molecule has 3 heteroatoms. The van der Waals surface area contributed by atoms with Crippen molar-refractivity contribution in [1.82, 2.24) is 4.98 Å². The number of benzene rings is 3. The Morgan fingerprint density at radius 2 is 1.44 bits per heavy atom. The second kappa shape index (κ2) is 5.21. The fourth-order valence-electron chi connectivity index (χ4n) is 3.96.